The van der Waals surface area contributed by atoms with Crippen LogP contribution in [0.15, 0.2) is 163 Å². The van der Waals surface area contributed by atoms with Crippen LogP contribution >= 0.6 is 23.1 Å². The monoisotopic (exact) mass is 1030 g/mol. The Morgan fingerprint density at radius 3 is 2.15 bits per heavy atom. The number of H-pyrrole nitrogens is 4. The van der Waals surface area contributed by atoms with E-state index in [0.717, 1.165) is 119 Å². The molecule has 0 aliphatic carbocycles. The van der Waals surface area contributed by atoms with E-state index in [4.69, 9.17) is 19.9 Å². The second kappa shape index (κ2) is 22.2. The Balaban J connectivity index is 0.000000173. The van der Waals surface area contributed by atoms with Crippen molar-refractivity contribution in [1.29, 1.82) is 0 Å². The molecule has 0 radical (unpaired) electrons. The second-order valence-electron chi connectivity index (χ2n) is 18.4. The molecular weight excluding hydrogens is 971 g/mol. The normalized spacial score (nSPS) is 12.3. The minimum atomic E-state index is 0.508. The quantitative estimate of drug-likeness (QED) is 0.0576. The number of pyridine rings is 5. The molecule has 5 N–H and O–H groups in total. The van der Waals surface area contributed by atoms with Gasteiger partial charge in [0.15, 0.2) is 23.0 Å². The minimum Gasteiger partial charge on any atom is -0.359 e. The molecule has 11 rings (SSSR count). The van der Waals surface area contributed by atoms with Crippen LogP contribution in [0.25, 0.3) is 101 Å². The fraction of sp³-hybridized carbons (Fsp3) is 0.155. The molecule has 0 spiro atoms. The largest absolute Gasteiger partial charge is 0.359 e. The third kappa shape index (κ3) is 11.2. The van der Waals surface area contributed by atoms with E-state index in [1.165, 1.54) is 5.56 Å². The van der Waals surface area contributed by atoms with Crippen molar-refractivity contribution in [3.05, 3.63) is 185 Å². The molecular formula is C58H55N15S2. The van der Waals surface area contributed by atoms with Crippen LogP contribution < -0.4 is 5.32 Å². The van der Waals surface area contributed by atoms with Gasteiger partial charge in [0.05, 0.1) is 44.8 Å². The van der Waals surface area contributed by atoms with Gasteiger partial charge in [0.2, 0.25) is 0 Å². The van der Waals surface area contributed by atoms with E-state index >= 15 is 0 Å². The Hall–Kier alpha value is -8.64. The van der Waals surface area contributed by atoms with Gasteiger partial charge in [0.25, 0.3) is 0 Å². The van der Waals surface area contributed by atoms with Gasteiger partial charge in [-0.15, -0.1) is 11.8 Å². The van der Waals surface area contributed by atoms with Crippen LogP contribution in [0.3, 0.4) is 0 Å². The van der Waals surface area contributed by atoms with Crippen molar-refractivity contribution in [3.8, 4) is 45.6 Å². The molecule has 1 aromatic carbocycles. The lowest BCUT2D eigenvalue weighted by molar-refractivity contribution is 0.402. The summed E-state index contributed by atoms with van der Waals surface area (Å²) < 4.78 is 0. The number of nitrogens with one attached hydrogen (secondary N) is 5. The lowest BCUT2D eigenvalue weighted by atomic mass is 10.1. The van der Waals surface area contributed by atoms with Gasteiger partial charge in [-0.1, -0.05) is 63.4 Å². The number of thioether (sulfide) groups is 1. The minimum absolute atomic E-state index is 0.508. The van der Waals surface area contributed by atoms with Gasteiger partial charge >= 0.3 is 0 Å². The number of thiophene rings is 1. The number of rotatable bonds is 16. The van der Waals surface area contributed by atoms with Crippen LogP contribution in [-0.4, -0.2) is 89.5 Å². The summed E-state index contributed by atoms with van der Waals surface area (Å²) in [6.45, 7) is 17.4. The van der Waals surface area contributed by atoms with Crippen molar-refractivity contribution in [2.45, 2.75) is 45.9 Å². The first-order chi connectivity index (χ1) is 36.5. The summed E-state index contributed by atoms with van der Waals surface area (Å²) in [4.78, 5) is 42.3. The average Bonchev–Trinajstić information content (AvgIpc) is 4.29. The van der Waals surface area contributed by atoms with Crippen LogP contribution in [-0.2, 0) is 13.0 Å². The van der Waals surface area contributed by atoms with Crippen molar-refractivity contribution in [2.75, 3.05) is 14.1 Å². The third-order valence-electron chi connectivity index (χ3n) is 12.1. The Labute approximate surface area is 442 Å². The highest BCUT2D eigenvalue weighted by Gasteiger charge is 2.20. The fourth-order valence-corrected chi connectivity index (χ4v) is 9.75. The molecule has 0 unspecified atom stereocenters. The van der Waals surface area contributed by atoms with Gasteiger partial charge in [-0.25, -0.2) is 19.9 Å². The van der Waals surface area contributed by atoms with Crippen LogP contribution in [0.2, 0.25) is 0 Å². The first kappa shape index (κ1) is 49.9. The molecule has 0 saturated heterocycles. The molecule has 0 aliphatic rings. The van der Waals surface area contributed by atoms with Gasteiger partial charge in [-0.3, -0.25) is 25.1 Å². The number of aromatic nitrogens is 13. The number of benzene rings is 1. The predicted molar refractivity (Wildman–Crippen MR) is 308 cm³/mol. The lowest BCUT2D eigenvalue weighted by Crippen LogP contribution is -2.12. The van der Waals surface area contributed by atoms with E-state index in [1.54, 1.807) is 35.4 Å². The topological polar surface area (TPSA) is 194 Å². The Kier molecular flexibility index (Phi) is 14.8. The molecule has 0 atom stereocenters. The molecule has 0 fully saturated rings. The number of aromatic amines is 4. The summed E-state index contributed by atoms with van der Waals surface area (Å²) in [6, 6.07) is 26.2. The summed E-state index contributed by atoms with van der Waals surface area (Å²) in [5.74, 6) is 1.30. The van der Waals surface area contributed by atoms with E-state index in [1.807, 2.05) is 118 Å². The smallest absolute Gasteiger partial charge is 0.161 e. The summed E-state index contributed by atoms with van der Waals surface area (Å²) in [5.41, 5.74) is 19.4. The Morgan fingerprint density at radius 1 is 0.760 bits per heavy atom. The van der Waals surface area contributed by atoms with Crippen LogP contribution in [0.5, 0.6) is 0 Å². The van der Waals surface area contributed by atoms with Gasteiger partial charge in [-0.2, -0.15) is 21.5 Å². The molecule has 10 heterocycles. The second-order valence-corrected chi connectivity index (χ2v) is 20.6. The zero-order valence-electron chi connectivity index (χ0n) is 42.5. The molecule has 374 valence electrons. The Bertz CT molecular complexity index is 3930. The third-order valence-corrected chi connectivity index (χ3v) is 13.8. The van der Waals surface area contributed by atoms with Crippen molar-refractivity contribution < 1.29 is 0 Å². The van der Waals surface area contributed by atoms with E-state index in [2.05, 4.69) is 118 Å². The first-order valence-corrected chi connectivity index (χ1v) is 26.2. The highest BCUT2D eigenvalue weighted by Crippen LogP contribution is 2.33. The molecule has 0 bridgehead atoms. The summed E-state index contributed by atoms with van der Waals surface area (Å²) in [5, 5.41) is 25.5. The highest BCUT2D eigenvalue weighted by atomic mass is 32.2. The standard InChI is InChI=1S/C32H27N7S.C26H28N8S/c1-4-22(18-24(5-2)34-20(3)17-21-9-7-6-8-10-21)25-11-12-27-30(35-25)31(39-38-27)32-36-26-13-15-33-28(29(26)37-32)23-14-16-40-19-23;1-15(2)35-14-16(3)22-23-20(8-9-28-22)30-26(31-23)25-24-21(32-33-25)7-6-19(29-24)18-10-17(11-27-12-18)13-34(4)5/h4-16,18-19,34H,2-3,17H2,1H3,(H,36,37)(H,38,39);6-12,14-15H,13H2,1-5H3,(H,30,31)(H,32,33)/b22-4+,24-18+;16-14+. The fourth-order valence-electron chi connectivity index (χ4n) is 8.53. The zero-order valence-corrected chi connectivity index (χ0v) is 44.1. The number of nitrogens with zero attached hydrogens (tertiary/aromatic N) is 10. The summed E-state index contributed by atoms with van der Waals surface area (Å²) in [6.07, 6.45) is 13.9. The maximum atomic E-state index is 4.99. The van der Waals surface area contributed by atoms with Crippen LogP contribution in [0, 0.1) is 0 Å². The molecule has 17 heteroatoms. The molecule has 10 aromatic heterocycles. The maximum Gasteiger partial charge on any atom is 0.161 e. The first-order valence-electron chi connectivity index (χ1n) is 24.4. The highest BCUT2D eigenvalue weighted by molar-refractivity contribution is 8.02. The molecule has 0 aliphatic heterocycles. The number of allylic oxidation sites excluding steroid dienone is 6. The van der Waals surface area contributed by atoms with Gasteiger partial charge in [-0.05, 0) is 122 Å². The van der Waals surface area contributed by atoms with Crippen LogP contribution in [0.1, 0.15) is 50.2 Å². The predicted octanol–water partition coefficient (Wildman–Crippen LogP) is 13.0. The number of imidazole rings is 2. The van der Waals surface area contributed by atoms with E-state index in [-0.39, 0.29) is 0 Å². The molecule has 11 aromatic rings. The number of hydrogen-bond acceptors (Lipinski definition) is 13. The van der Waals surface area contributed by atoms with E-state index in [9.17, 15) is 0 Å². The van der Waals surface area contributed by atoms with Gasteiger partial charge in [0.1, 0.15) is 22.1 Å². The molecule has 0 amide bonds. The van der Waals surface area contributed by atoms with Crippen LogP contribution in [0.4, 0.5) is 0 Å². The lowest BCUT2D eigenvalue weighted by Gasteiger charge is -2.12. The van der Waals surface area contributed by atoms with Gasteiger partial charge < -0.3 is 20.2 Å². The average molecular weight is 1030 g/mol. The molecule has 75 heavy (non-hydrogen) atoms. The Morgan fingerprint density at radius 2 is 1.45 bits per heavy atom. The summed E-state index contributed by atoms with van der Waals surface area (Å²) >= 11 is 3.41. The molecule has 15 nitrogen and oxygen atoms in total. The SMILES string of the molecule is C/C(=C\SC(C)C)c1nccc2[nH]c(-c3n[nH]c4ccc(-c5cncc(CN(C)C)c5)nc34)nc12.C=C/C(=C\C(=C/C)c1ccc2[nH]nc(-c3nc4c(-c5ccsc5)nccc4[nH]3)c2n1)NC(=C)Cc1ccccc1. The molecule has 0 saturated carbocycles. The summed E-state index contributed by atoms with van der Waals surface area (Å²) in [7, 11) is 4.09. The number of fused-ring (bicyclic) bond motifs is 4. The van der Waals surface area contributed by atoms with E-state index in [0.29, 0.717) is 28.3 Å². The van der Waals surface area contributed by atoms with Crippen molar-refractivity contribution in [3.63, 3.8) is 0 Å². The van der Waals surface area contributed by atoms with Gasteiger partial charge in [0, 0.05) is 70.9 Å². The van der Waals surface area contributed by atoms with Crippen molar-refractivity contribution in [1.82, 2.24) is 75.5 Å². The van der Waals surface area contributed by atoms with E-state index < -0.39 is 0 Å². The van der Waals surface area contributed by atoms with Crippen molar-refractivity contribution in [2.24, 2.45) is 0 Å². The number of hydrogen-bond donors (Lipinski definition) is 5. The maximum absolute atomic E-state index is 4.99. The zero-order chi connectivity index (χ0) is 52.0. The van der Waals surface area contributed by atoms with Crippen molar-refractivity contribution >= 4 is 78.4 Å².